The smallest absolute Gasteiger partial charge is 0.0740 e. The third kappa shape index (κ3) is 2.36. The predicted molar refractivity (Wildman–Crippen MR) is 74.2 cm³/mol. The van der Waals surface area contributed by atoms with Crippen LogP contribution in [0.5, 0.6) is 0 Å². The molecule has 0 radical (unpaired) electrons. The maximum atomic E-state index is 4.77. The van der Waals surface area contributed by atoms with Crippen LogP contribution >= 0.6 is 0 Å². The molecule has 0 spiro atoms. The first-order valence-electron chi connectivity index (χ1n) is 6.16. The van der Waals surface area contributed by atoms with E-state index in [9.17, 15) is 0 Å². The van der Waals surface area contributed by atoms with Crippen LogP contribution in [0.4, 0.5) is 5.69 Å². The zero-order valence-electron chi connectivity index (χ0n) is 10.7. The van der Waals surface area contributed by atoms with Gasteiger partial charge in [0.05, 0.1) is 5.69 Å². The molecule has 1 heterocycles. The summed E-state index contributed by atoms with van der Waals surface area (Å²) in [6.07, 6.45) is 5.73. The molecule has 0 fully saturated rings. The van der Waals surface area contributed by atoms with Crippen molar-refractivity contribution in [2.24, 2.45) is 4.99 Å². The number of benzene rings is 1. The second-order valence-corrected chi connectivity index (χ2v) is 4.22. The summed E-state index contributed by atoms with van der Waals surface area (Å²) in [5, 5.41) is 2.36. The monoisotopic (exact) mass is 226 g/mol. The lowest BCUT2D eigenvalue weighted by atomic mass is 10.0. The fourth-order valence-electron chi connectivity index (χ4n) is 1.88. The summed E-state index contributed by atoms with van der Waals surface area (Å²) < 4.78 is 0. The Morgan fingerprint density at radius 2 is 2.06 bits per heavy atom. The number of pyridine rings is 1. The number of rotatable bonds is 3. The van der Waals surface area contributed by atoms with Crippen molar-refractivity contribution in [3.63, 3.8) is 0 Å². The number of aryl methyl sites for hydroxylation is 1. The third-order valence-electron chi connectivity index (χ3n) is 3.07. The van der Waals surface area contributed by atoms with Gasteiger partial charge in [0.15, 0.2) is 0 Å². The minimum atomic E-state index is 0.991. The molecule has 0 aliphatic heterocycles. The summed E-state index contributed by atoms with van der Waals surface area (Å²) in [4.78, 5) is 8.93. The van der Waals surface area contributed by atoms with E-state index in [1.165, 1.54) is 16.7 Å². The zero-order chi connectivity index (χ0) is 12.3. The molecule has 1 aromatic heterocycles. The van der Waals surface area contributed by atoms with E-state index in [4.69, 9.17) is 4.99 Å². The molecule has 2 rings (SSSR count). The van der Waals surface area contributed by atoms with Crippen molar-refractivity contribution >= 4 is 22.2 Å². The molecule has 2 aromatic rings. The molecule has 0 bridgehead atoms. The van der Waals surface area contributed by atoms with Gasteiger partial charge in [-0.25, -0.2) is 0 Å². The van der Waals surface area contributed by atoms with Gasteiger partial charge in [-0.3, -0.25) is 9.98 Å². The molecule has 2 nitrogen and oxygen atoms in total. The summed E-state index contributed by atoms with van der Waals surface area (Å²) in [6.45, 7) is 6.39. The first-order valence-corrected chi connectivity index (χ1v) is 6.16. The van der Waals surface area contributed by atoms with E-state index < -0.39 is 0 Å². The Morgan fingerprint density at radius 1 is 1.24 bits per heavy atom. The lowest BCUT2D eigenvalue weighted by molar-refractivity contribution is 1.13. The Labute approximate surface area is 102 Å². The lowest BCUT2D eigenvalue weighted by Crippen LogP contribution is -1.90. The van der Waals surface area contributed by atoms with Crippen LogP contribution in [-0.4, -0.2) is 10.7 Å². The molecule has 0 saturated carbocycles. The molecule has 0 aliphatic rings. The number of hydrogen-bond donors (Lipinski definition) is 0. The molecule has 17 heavy (non-hydrogen) atoms. The summed E-state index contributed by atoms with van der Waals surface area (Å²) in [7, 11) is 0. The second kappa shape index (κ2) is 5.09. The summed E-state index contributed by atoms with van der Waals surface area (Å²) in [5.74, 6) is 0. The Kier molecular flexibility index (Phi) is 3.52. The standard InChI is InChI=1S/C15H18N2/c1-4-11(3)17-15-12(5-2)6-7-13-10-16-9-8-14(13)15/h6-10H,4-5H2,1-3H3. The zero-order valence-corrected chi connectivity index (χ0v) is 10.7. The number of fused-ring (bicyclic) bond motifs is 1. The highest BCUT2D eigenvalue weighted by molar-refractivity contribution is 5.97. The molecule has 0 unspecified atom stereocenters. The average molecular weight is 226 g/mol. The average Bonchev–Trinajstić information content (AvgIpc) is 2.39. The number of hydrogen-bond acceptors (Lipinski definition) is 2. The first-order chi connectivity index (χ1) is 8.26. The summed E-state index contributed by atoms with van der Waals surface area (Å²) >= 11 is 0. The van der Waals surface area contributed by atoms with Crippen molar-refractivity contribution < 1.29 is 0 Å². The number of aromatic nitrogens is 1. The van der Waals surface area contributed by atoms with Gasteiger partial charge in [-0.2, -0.15) is 0 Å². The van der Waals surface area contributed by atoms with Crippen molar-refractivity contribution in [1.82, 2.24) is 4.98 Å². The van der Waals surface area contributed by atoms with Crippen LogP contribution in [0.1, 0.15) is 32.8 Å². The molecule has 1 aromatic carbocycles. The van der Waals surface area contributed by atoms with E-state index in [0.717, 1.165) is 23.9 Å². The Hall–Kier alpha value is -1.70. The predicted octanol–water partition coefficient (Wildman–Crippen LogP) is 4.30. The molecule has 0 atom stereocenters. The Morgan fingerprint density at radius 3 is 2.76 bits per heavy atom. The Balaban J connectivity index is 2.71. The van der Waals surface area contributed by atoms with Crippen LogP contribution < -0.4 is 0 Å². The van der Waals surface area contributed by atoms with E-state index in [-0.39, 0.29) is 0 Å². The third-order valence-corrected chi connectivity index (χ3v) is 3.07. The fraction of sp³-hybridized carbons (Fsp3) is 0.333. The lowest BCUT2D eigenvalue weighted by Gasteiger charge is -2.08. The van der Waals surface area contributed by atoms with Crippen LogP contribution in [0, 0.1) is 0 Å². The normalized spacial score (nSPS) is 12.1. The van der Waals surface area contributed by atoms with Gasteiger partial charge in [0.1, 0.15) is 0 Å². The highest BCUT2D eigenvalue weighted by Gasteiger charge is 2.05. The molecule has 0 aliphatic carbocycles. The van der Waals surface area contributed by atoms with Gasteiger partial charge in [-0.05, 0) is 31.4 Å². The van der Waals surface area contributed by atoms with Gasteiger partial charge in [0, 0.05) is 28.9 Å². The summed E-state index contributed by atoms with van der Waals surface area (Å²) in [5.41, 5.74) is 3.59. The van der Waals surface area contributed by atoms with Crippen LogP contribution in [0.15, 0.2) is 35.6 Å². The Bertz CT molecular complexity index is 556. The van der Waals surface area contributed by atoms with Crippen LogP contribution in [0.3, 0.4) is 0 Å². The highest BCUT2D eigenvalue weighted by Crippen LogP contribution is 2.30. The molecule has 2 heteroatoms. The minimum absolute atomic E-state index is 0.991. The topological polar surface area (TPSA) is 25.2 Å². The fourth-order valence-corrected chi connectivity index (χ4v) is 1.88. The maximum Gasteiger partial charge on any atom is 0.0740 e. The number of nitrogens with zero attached hydrogens (tertiary/aromatic N) is 2. The van der Waals surface area contributed by atoms with Crippen molar-refractivity contribution in [2.45, 2.75) is 33.6 Å². The molecule has 0 N–H and O–H groups in total. The number of aliphatic imine (C=N–C) groups is 1. The minimum Gasteiger partial charge on any atom is -0.264 e. The van der Waals surface area contributed by atoms with E-state index in [1.807, 2.05) is 12.4 Å². The van der Waals surface area contributed by atoms with E-state index >= 15 is 0 Å². The SMILES string of the molecule is CCC(C)=Nc1c(CC)ccc2cnccc12. The van der Waals surface area contributed by atoms with Crippen molar-refractivity contribution in [1.29, 1.82) is 0 Å². The van der Waals surface area contributed by atoms with Gasteiger partial charge in [-0.1, -0.05) is 26.0 Å². The largest absolute Gasteiger partial charge is 0.264 e. The molecule has 0 amide bonds. The van der Waals surface area contributed by atoms with Crippen LogP contribution in [0.25, 0.3) is 10.8 Å². The van der Waals surface area contributed by atoms with Crippen molar-refractivity contribution in [3.8, 4) is 0 Å². The highest BCUT2D eigenvalue weighted by atomic mass is 14.8. The van der Waals surface area contributed by atoms with Crippen LogP contribution in [0.2, 0.25) is 0 Å². The van der Waals surface area contributed by atoms with Gasteiger partial charge in [0.2, 0.25) is 0 Å². The van der Waals surface area contributed by atoms with E-state index in [0.29, 0.717) is 0 Å². The molecule has 0 saturated heterocycles. The van der Waals surface area contributed by atoms with E-state index in [1.54, 1.807) is 0 Å². The molecular formula is C15H18N2. The van der Waals surface area contributed by atoms with E-state index in [2.05, 4.69) is 44.0 Å². The first kappa shape index (κ1) is 11.8. The summed E-state index contributed by atoms with van der Waals surface area (Å²) in [6, 6.07) is 6.34. The van der Waals surface area contributed by atoms with Gasteiger partial charge >= 0.3 is 0 Å². The second-order valence-electron chi connectivity index (χ2n) is 4.22. The van der Waals surface area contributed by atoms with Crippen molar-refractivity contribution in [3.05, 3.63) is 36.2 Å². The van der Waals surface area contributed by atoms with Gasteiger partial charge in [0.25, 0.3) is 0 Å². The van der Waals surface area contributed by atoms with Gasteiger partial charge < -0.3 is 0 Å². The van der Waals surface area contributed by atoms with Crippen molar-refractivity contribution in [2.75, 3.05) is 0 Å². The molecular weight excluding hydrogens is 208 g/mol. The van der Waals surface area contributed by atoms with Crippen LogP contribution in [-0.2, 0) is 6.42 Å². The maximum absolute atomic E-state index is 4.77. The molecule has 88 valence electrons. The van der Waals surface area contributed by atoms with Gasteiger partial charge in [-0.15, -0.1) is 0 Å². The quantitative estimate of drug-likeness (QED) is 0.716.